The van der Waals surface area contributed by atoms with Crippen LogP contribution in [0.4, 0.5) is 0 Å². The predicted octanol–water partition coefficient (Wildman–Crippen LogP) is 6.12. The van der Waals surface area contributed by atoms with Gasteiger partial charge in [-0.15, -0.1) is 11.3 Å². The van der Waals surface area contributed by atoms with E-state index in [1.165, 1.54) is 53.6 Å². The molecule has 1 fully saturated rings. The molecule has 1 N–H and O–H groups in total. The maximum absolute atomic E-state index is 5.57. The Bertz CT molecular complexity index is 1130. The van der Waals surface area contributed by atoms with Gasteiger partial charge in [0.25, 0.3) is 0 Å². The van der Waals surface area contributed by atoms with Crippen molar-refractivity contribution >= 4 is 27.2 Å². The van der Waals surface area contributed by atoms with Gasteiger partial charge >= 0.3 is 0 Å². The van der Waals surface area contributed by atoms with Crippen LogP contribution in [0.5, 0.6) is 5.75 Å². The van der Waals surface area contributed by atoms with E-state index in [-0.39, 0.29) is 0 Å². The number of thiophene rings is 1. The molecule has 0 spiro atoms. The molecule has 0 amide bonds. The summed E-state index contributed by atoms with van der Waals surface area (Å²) in [6.07, 6.45) is 10.4. The lowest BCUT2D eigenvalue weighted by Gasteiger charge is -2.20. The van der Waals surface area contributed by atoms with Gasteiger partial charge < -0.3 is 9.72 Å². The third kappa shape index (κ3) is 2.82. The average molecular weight is 395 g/mol. The van der Waals surface area contributed by atoms with Crippen LogP contribution >= 0.6 is 11.3 Å². The Morgan fingerprint density at radius 3 is 2.79 bits per heavy atom. The molecule has 4 aromatic heterocycles. The zero-order chi connectivity index (χ0) is 19.3. The van der Waals surface area contributed by atoms with Crippen LogP contribution < -0.4 is 4.74 Å². The molecule has 0 radical (unpaired) electrons. The molecular weight excluding hydrogens is 368 g/mol. The molecule has 4 heterocycles. The monoisotopic (exact) mass is 394 g/mol. The normalized spacial score (nSPS) is 15.9. The van der Waals surface area contributed by atoms with Gasteiger partial charge in [0, 0.05) is 16.6 Å². The van der Waals surface area contributed by atoms with Crippen LogP contribution in [0.2, 0.25) is 0 Å². The number of ether oxygens (including phenoxy) is 1. The van der Waals surface area contributed by atoms with Crippen molar-refractivity contribution in [2.45, 2.75) is 57.8 Å². The standard InChI is InChI=1S/C22H26N4OS/c1-13(2)19-20(15-9-17(27-3)22-23-12-24-26(22)11-15)25-16-10-18(28-21(16)19)14-7-5-4-6-8-14/h9-14,25H,4-8H2,1-3H3. The maximum atomic E-state index is 5.57. The fourth-order valence-electron chi connectivity index (χ4n) is 4.57. The third-order valence-electron chi connectivity index (χ3n) is 5.96. The first-order valence-electron chi connectivity index (χ1n) is 10.2. The second-order valence-corrected chi connectivity index (χ2v) is 9.20. The summed E-state index contributed by atoms with van der Waals surface area (Å²) >= 11 is 1.99. The first kappa shape index (κ1) is 17.7. The molecule has 146 valence electrons. The Morgan fingerprint density at radius 1 is 1.21 bits per heavy atom. The van der Waals surface area contributed by atoms with Gasteiger partial charge in [-0.1, -0.05) is 33.1 Å². The quantitative estimate of drug-likeness (QED) is 0.454. The van der Waals surface area contributed by atoms with Gasteiger partial charge in [-0.05, 0) is 42.4 Å². The highest BCUT2D eigenvalue weighted by Gasteiger charge is 2.23. The summed E-state index contributed by atoms with van der Waals surface area (Å²) in [6.45, 7) is 4.55. The number of rotatable bonds is 4. The van der Waals surface area contributed by atoms with Crippen molar-refractivity contribution in [3.05, 3.63) is 35.1 Å². The Labute approximate surface area is 168 Å². The molecule has 0 saturated heterocycles. The van der Waals surface area contributed by atoms with Gasteiger partial charge in [0.1, 0.15) is 6.33 Å². The maximum Gasteiger partial charge on any atom is 0.197 e. The van der Waals surface area contributed by atoms with Gasteiger partial charge in [-0.2, -0.15) is 5.10 Å². The van der Waals surface area contributed by atoms with E-state index in [9.17, 15) is 0 Å². The van der Waals surface area contributed by atoms with Crippen molar-refractivity contribution < 1.29 is 4.74 Å². The second kappa shape index (κ2) is 6.92. The molecule has 5 rings (SSSR count). The summed E-state index contributed by atoms with van der Waals surface area (Å²) in [5.74, 6) is 1.92. The van der Waals surface area contributed by atoms with E-state index in [4.69, 9.17) is 4.74 Å². The van der Waals surface area contributed by atoms with E-state index in [0.29, 0.717) is 5.92 Å². The minimum absolute atomic E-state index is 0.430. The number of hydrogen-bond acceptors (Lipinski definition) is 4. The SMILES string of the molecule is COc1cc(-c2[nH]c3cc(C4CCCCC4)sc3c2C(C)C)cn2ncnc12. The Morgan fingerprint density at radius 2 is 2.04 bits per heavy atom. The number of aromatic nitrogens is 4. The minimum Gasteiger partial charge on any atom is -0.493 e. The van der Waals surface area contributed by atoms with Gasteiger partial charge in [0.05, 0.1) is 23.0 Å². The predicted molar refractivity (Wildman–Crippen MR) is 115 cm³/mol. The van der Waals surface area contributed by atoms with Crippen LogP contribution in [0.1, 0.15) is 68.2 Å². The molecule has 1 aliphatic carbocycles. The summed E-state index contributed by atoms with van der Waals surface area (Å²) in [7, 11) is 1.68. The van der Waals surface area contributed by atoms with Crippen LogP contribution in [0.25, 0.3) is 27.1 Å². The smallest absolute Gasteiger partial charge is 0.197 e. The molecule has 28 heavy (non-hydrogen) atoms. The first-order chi connectivity index (χ1) is 13.7. The minimum atomic E-state index is 0.430. The highest BCUT2D eigenvalue weighted by atomic mass is 32.1. The summed E-state index contributed by atoms with van der Waals surface area (Å²) in [6, 6.07) is 4.46. The summed E-state index contributed by atoms with van der Waals surface area (Å²) < 4.78 is 8.77. The fourth-order valence-corrected chi connectivity index (χ4v) is 6.05. The fraction of sp³-hybridized carbons (Fsp3) is 0.455. The van der Waals surface area contributed by atoms with Crippen molar-refractivity contribution in [2.24, 2.45) is 0 Å². The van der Waals surface area contributed by atoms with Gasteiger partial charge in [-0.25, -0.2) is 9.50 Å². The summed E-state index contributed by atoms with van der Waals surface area (Å²) in [4.78, 5) is 9.57. The number of nitrogens with one attached hydrogen (secondary N) is 1. The van der Waals surface area contributed by atoms with Gasteiger partial charge in [0.2, 0.25) is 0 Å². The number of nitrogens with zero attached hydrogens (tertiary/aromatic N) is 3. The van der Waals surface area contributed by atoms with Crippen molar-refractivity contribution in [1.82, 2.24) is 19.6 Å². The van der Waals surface area contributed by atoms with E-state index in [1.807, 2.05) is 17.5 Å². The number of hydrogen-bond donors (Lipinski definition) is 1. The topological polar surface area (TPSA) is 55.2 Å². The van der Waals surface area contributed by atoms with Crippen molar-refractivity contribution in [1.29, 1.82) is 0 Å². The van der Waals surface area contributed by atoms with Gasteiger partial charge in [0.15, 0.2) is 11.4 Å². The van der Waals surface area contributed by atoms with E-state index < -0.39 is 0 Å². The molecule has 6 heteroatoms. The third-order valence-corrected chi connectivity index (χ3v) is 7.29. The van der Waals surface area contributed by atoms with Crippen LogP contribution in [0, 0.1) is 0 Å². The molecule has 4 aromatic rings. The highest BCUT2D eigenvalue weighted by molar-refractivity contribution is 7.19. The first-order valence-corrected chi connectivity index (χ1v) is 11.0. The number of H-pyrrole nitrogens is 1. The Kier molecular flexibility index (Phi) is 4.38. The average Bonchev–Trinajstić information content (AvgIpc) is 3.41. The molecule has 0 bridgehead atoms. The zero-order valence-electron chi connectivity index (χ0n) is 16.7. The van der Waals surface area contributed by atoms with E-state index in [0.717, 1.165) is 22.9 Å². The molecule has 0 aromatic carbocycles. The molecule has 0 aliphatic heterocycles. The Balaban J connectivity index is 1.65. The van der Waals surface area contributed by atoms with Crippen LogP contribution in [-0.2, 0) is 0 Å². The largest absolute Gasteiger partial charge is 0.493 e. The lowest BCUT2D eigenvalue weighted by Crippen LogP contribution is -2.02. The highest BCUT2D eigenvalue weighted by Crippen LogP contribution is 2.44. The Hall–Kier alpha value is -2.34. The lowest BCUT2D eigenvalue weighted by atomic mass is 9.88. The van der Waals surface area contributed by atoms with Crippen LogP contribution in [-0.4, -0.2) is 26.7 Å². The van der Waals surface area contributed by atoms with Crippen LogP contribution in [0.15, 0.2) is 24.7 Å². The van der Waals surface area contributed by atoms with E-state index >= 15 is 0 Å². The summed E-state index contributed by atoms with van der Waals surface area (Å²) in [5.41, 5.74) is 5.65. The molecule has 5 nitrogen and oxygen atoms in total. The van der Waals surface area contributed by atoms with Crippen molar-refractivity contribution in [3.8, 4) is 17.0 Å². The molecule has 0 atom stereocenters. The van der Waals surface area contributed by atoms with Gasteiger partial charge in [-0.3, -0.25) is 0 Å². The number of methoxy groups -OCH3 is 1. The zero-order valence-corrected chi connectivity index (χ0v) is 17.5. The molecular formula is C22H26N4OS. The molecule has 1 aliphatic rings. The lowest BCUT2D eigenvalue weighted by molar-refractivity contribution is 0.416. The number of pyridine rings is 1. The van der Waals surface area contributed by atoms with Crippen molar-refractivity contribution in [3.63, 3.8) is 0 Å². The number of fused-ring (bicyclic) bond motifs is 2. The van der Waals surface area contributed by atoms with E-state index in [2.05, 4.69) is 41.0 Å². The summed E-state index contributed by atoms with van der Waals surface area (Å²) in [5, 5.41) is 4.32. The number of aromatic amines is 1. The second-order valence-electron chi connectivity index (χ2n) is 8.12. The molecule has 1 saturated carbocycles. The molecule has 0 unspecified atom stereocenters. The van der Waals surface area contributed by atoms with Crippen LogP contribution in [0.3, 0.4) is 0 Å². The van der Waals surface area contributed by atoms with Crippen molar-refractivity contribution in [2.75, 3.05) is 7.11 Å². The van der Waals surface area contributed by atoms with E-state index in [1.54, 1.807) is 22.8 Å².